The van der Waals surface area contributed by atoms with Gasteiger partial charge < -0.3 is 14.8 Å². The summed E-state index contributed by atoms with van der Waals surface area (Å²) in [5.74, 6) is -0.576. The molecule has 7 heteroatoms. The average Bonchev–Trinajstić information content (AvgIpc) is 2.96. The van der Waals surface area contributed by atoms with Gasteiger partial charge in [-0.25, -0.2) is 9.78 Å². The number of nitrogens with zero attached hydrogens (tertiary/aromatic N) is 1. The Morgan fingerprint density at radius 1 is 1.32 bits per heavy atom. The minimum absolute atomic E-state index is 0.268. The van der Waals surface area contributed by atoms with Gasteiger partial charge in [-0.05, 0) is 19.1 Å². The smallest absolute Gasteiger partial charge is 0.342 e. The number of amides is 1. The predicted molar refractivity (Wildman–Crippen MR) is 82.0 cm³/mol. The van der Waals surface area contributed by atoms with Crippen LogP contribution in [0.15, 0.2) is 29.6 Å². The van der Waals surface area contributed by atoms with Crippen molar-refractivity contribution < 1.29 is 19.1 Å². The molecule has 0 unspecified atom stereocenters. The number of rotatable bonds is 6. The van der Waals surface area contributed by atoms with E-state index in [4.69, 9.17) is 9.47 Å². The first-order valence-corrected chi connectivity index (χ1v) is 7.48. The van der Waals surface area contributed by atoms with E-state index in [0.717, 1.165) is 10.7 Å². The molecule has 0 atom stereocenters. The minimum atomic E-state index is -0.603. The summed E-state index contributed by atoms with van der Waals surface area (Å²) >= 11 is 1.54. The molecule has 6 nitrogen and oxygen atoms in total. The fraction of sp³-hybridized carbons (Fsp3) is 0.267. The molecule has 0 radical (unpaired) electrons. The van der Waals surface area contributed by atoms with Gasteiger partial charge in [-0.1, -0.05) is 12.1 Å². The maximum atomic E-state index is 12.0. The number of nitrogens with one attached hydrogen (secondary N) is 1. The zero-order chi connectivity index (χ0) is 15.9. The molecule has 0 saturated carbocycles. The number of ether oxygens (including phenoxy) is 2. The molecule has 1 heterocycles. The van der Waals surface area contributed by atoms with Crippen LogP contribution in [0.25, 0.3) is 0 Å². The van der Waals surface area contributed by atoms with Gasteiger partial charge in [-0.3, -0.25) is 4.79 Å². The van der Waals surface area contributed by atoms with Crippen molar-refractivity contribution >= 4 is 23.2 Å². The van der Waals surface area contributed by atoms with E-state index in [1.807, 2.05) is 12.3 Å². The Morgan fingerprint density at radius 3 is 2.77 bits per heavy atom. The number of carbonyl (C=O) groups excluding carboxylic acids is 2. The van der Waals surface area contributed by atoms with Gasteiger partial charge in [-0.15, -0.1) is 11.3 Å². The van der Waals surface area contributed by atoms with Crippen LogP contribution in [0.3, 0.4) is 0 Å². The van der Waals surface area contributed by atoms with Gasteiger partial charge in [0.05, 0.1) is 10.7 Å². The van der Waals surface area contributed by atoms with Crippen molar-refractivity contribution in [3.63, 3.8) is 0 Å². The molecule has 1 amide bonds. The van der Waals surface area contributed by atoms with Crippen molar-refractivity contribution in [2.75, 3.05) is 13.7 Å². The van der Waals surface area contributed by atoms with E-state index in [2.05, 4.69) is 10.3 Å². The molecule has 0 aliphatic carbocycles. The second-order valence-corrected chi connectivity index (χ2v) is 5.45. The molecule has 1 aromatic heterocycles. The summed E-state index contributed by atoms with van der Waals surface area (Å²) in [6.07, 6.45) is 0. The Bertz CT molecular complexity index is 669. The molecular weight excluding hydrogens is 304 g/mol. The molecule has 0 aliphatic heterocycles. The largest absolute Gasteiger partial charge is 0.486 e. The number of benzene rings is 1. The van der Waals surface area contributed by atoms with Gasteiger partial charge in [-0.2, -0.15) is 0 Å². The highest BCUT2D eigenvalue weighted by atomic mass is 32.1. The molecule has 2 aromatic rings. The molecule has 116 valence electrons. The number of hydrogen-bond acceptors (Lipinski definition) is 6. The Morgan fingerprint density at radius 2 is 2.09 bits per heavy atom. The van der Waals surface area contributed by atoms with E-state index in [9.17, 15) is 9.59 Å². The number of para-hydroxylation sites is 1. The van der Waals surface area contributed by atoms with E-state index in [1.165, 1.54) is 18.4 Å². The third-order valence-corrected chi connectivity index (χ3v) is 3.58. The summed E-state index contributed by atoms with van der Waals surface area (Å²) in [5.41, 5.74) is 1.08. The van der Waals surface area contributed by atoms with Crippen LogP contribution in [0.4, 0.5) is 0 Å². The second-order valence-electron chi connectivity index (χ2n) is 4.39. The summed E-state index contributed by atoms with van der Waals surface area (Å²) in [4.78, 5) is 27.4. The van der Waals surface area contributed by atoms with Crippen LogP contribution >= 0.6 is 11.3 Å². The summed E-state index contributed by atoms with van der Waals surface area (Å²) in [7, 11) is 1.48. The second kappa shape index (κ2) is 7.56. The molecule has 2 rings (SSSR count). The van der Waals surface area contributed by atoms with Gasteiger partial charge in [0.15, 0.2) is 6.61 Å². The van der Waals surface area contributed by atoms with Gasteiger partial charge in [0, 0.05) is 12.4 Å². The quantitative estimate of drug-likeness (QED) is 0.823. The fourth-order valence-electron chi connectivity index (χ4n) is 1.67. The van der Waals surface area contributed by atoms with E-state index >= 15 is 0 Å². The Kier molecular flexibility index (Phi) is 5.48. The summed E-state index contributed by atoms with van der Waals surface area (Å²) in [6.45, 7) is 1.86. The predicted octanol–water partition coefficient (Wildman–Crippen LogP) is 1.93. The SMILES string of the molecule is CNC(=O)COC(=O)c1ccccc1OCc1csc(C)n1. The van der Waals surface area contributed by atoms with Gasteiger partial charge in [0.2, 0.25) is 0 Å². The molecule has 0 fully saturated rings. The van der Waals surface area contributed by atoms with Gasteiger partial charge >= 0.3 is 5.97 Å². The standard InChI is InChI=1S/C15H16N2O4S/c1-10-17-11(9-22-10)7-20-13-6-4-3-5-12(13)15(19)21-8-14(18)16-2/h3-6,9H,7-8H2,1-2H3,(H,16,18). The highest BCUT2D eigenvalue weighted by molar-refractivity contribution is 7.09. The molecule has 0 spiro atoms. The number of likely N-dealkylation sites (N-methyl/N-ethyl adjacent to an activating group) is 1. The Hall–Kier alpha value is -2.41. The summed E-state index contributed by atoms with van der Waals surface area (Å²) in [6, 6.07) is 6.73. The van der Waals surface area contributed by atoms with Crippen molar-refractivity contribution in [3.8, 4) is 5.75 Å². The molecule has 22 heavy (non-hydrogen) atoms. The molecule has 0 saturated heterocycles. The van der Waals surface area contributed by atoms with Crippen molar-refractivity contribution in [3.05, 3.63) is 45.9 Å². The highest BCUT2D eigenvalue weighted by Crippen LogP contribution is 2.20. The lowest BCUT2D eigenvalue weighted by Gasteiger charge is -2.10. The van der Waals surface area contributed by atoms with Crippen molar-refractivity contribution in [2.24, 2.45) is 0 Å². The van der Waals surface area contributed by atoms with Crippen molar-refractivity contribution in [1.29, 1.82) is 0 Å². The number of aryl methyl sites for hydroxylation is 1. The van der Waals surface area contributed by atoms with Crippen LogP contribution in [-0.2, 0) is 16.1 Å². The number of carbonyl (C=O) groups is 2. The molecular formula is C15H16N2O4S. The molecule has 1 aromatic carbocycles. The minimum Gasteiger partial charge on any atom is -0.486 e. The van der Waals surface area contributed by atoms with Crippen LogP contribution in [0.1, 0.15) is 21.1 Å². The van der Waals surface area contributed by atoms with Crippen LogP contribution in [0, 0.1) is 6.92 Å². The lowest BCUT2D eigenvalue weighted by atomic mass is 10.2. The number of thiazole rings is 1. The van der Waals surface area contributed by atoms with Gasteiger partial charge in [0.25, 0.3) is 5.91 Å². The topological polar surface area (TPSA) is 77.5 Å². The first kappa shape index (κ1) is 16.0. The average molecular weight is 320 g/mol. The van der Waals surface area contributed by atoms with E-state index in [1.54, 1.807) is 24.3 Å². The normalized spacial score (nSPS) is 10.1. The maximum absolute atomic E-state index is 12.0. The van der Waals surface area contributed by atoms with E-state index in [0.29, 0.717) is 5.75 Å². The van der Waals surface area contributed by atoms with Crippen molar-refractivity contribution in [1.82, 2.24) is 10.3 Å². The number of aromatic nitrogens is 1. The zero-order valence-corrected chi connectivity index (χ0v) is 13.1. The van der Waals surface area contributed by atoms with Crippen LogP contribution in [-0.4, -0.2) is 30.5 Å². The van der Waals surface area contributed by atoms with E-state index < -0.39 is 5.97 Å². The van der Waals surface area contributed by atoms with Crippen molar-refractivity contribution in [2.45, 2.75) is 13.5 Å². The highest BCUT2D eigenvalue weighted by Gasteiger charge is 2.15. The monoisotopic (exact) mass is 320 g/mol. The van der Waals surface area contributed by atoms with E-state index in [-0.39, 0.29) is 24.7 Å². The molecule has 1 N–H and O–H groups in total. The van der Waals surface area contributed by atoms with Crippen LogP contribution < -0.4 is 10.1 Å². The Balaban J connectivity index is 2.02. The first-order chi connectivity index (χ1) is 10.6. The number of hydrogen-bond donors (Lipinski definition) is 1. The summed E-state index contributed by atoms with van der Waals surface area (Å²) in [5, 5.41) is 5.24. The molecule has 0 bridgehead atoms. The zero-order valence-electron chi connectivity index (χ0n) is 12.3. The fourth-order valence-corrected chi connectivity index (χ4v) is 2.27. The van der Waals surface area contributed by atoms with Gasteiger partial charge in [0.1, 0.15) is 17.9 Å². The third-order valence-electron chi connectivity index (χ3n) is 2.76. The first-order valence-electron chi connectivity index (χ1n) is 6.60. The summed E-state index contributed by atoms with van der Waals surface area (Å²) < 4.78 is 10.6. The van der Waals surface area contributed by atoms with Crippen LogP contribution in [0.2, 0.25) is 0 Å². The lowest BCUT2D eigenvalue weighted by Crippen LogP contribution is -2.25. The van der Waals surface area contributed by atoms with Crippen LogP contribution in [0.5, 0.6) is 5.75 Å². The number of esters is 1. The Labute approximate surface area is 132 Å². The third kappa shape index (κ3) is 4.29. The maximum Gasteiger partial charge on any atom is 0.342 e. The molecule has 0 aliphatic rings. The lowest BCUT2D eigenvalue weighted by molar-refractivity contribution is -0.123.